The minimum atomic E-state index is -0.213. The molecule has 146 valence electrons. The zero-order chi connectivity index (χ0) is 20.4. The van der Waals surface area contributed by atoms with Gasteiger partial charge in [-0.1, -0.05) is 53.7 Å². The minimum Gasteiger partial charge on any atom is -0.441 e. The smallest absolute Gasteiger partial charge is 0.252 e. The molecule has 7 heteroatoms. The lowest BCUT2D eigenvalue weighted by Gasteiger charge is -2.04. The van der Waals surface area contributed by atoms with Crippen molar-refractivity contribution in [3.8, 4) is 22.7 Å². The van der Waals surface area contributed by atoms with Crippen LogP contribution < -0.4 is 5.56 Å². The first-order valence-electron chi connectivity index (χ1n) is 9.02. The van der Waals surface area contributed by atoms with E-state index < -0.39 is 0 Å². The lowest BCUT2D eigenvalue weighted by Crippen LogP contribution is -2.08. The summed E-state index contributed by atoms with van der Waals surface area (Å²) in [4.78, 5) is 24.1. The Morgan fingerprint density at radius 3 is 2.69 bits per heavy atom. The number of nitrogens with one attached hydrogen (secondary N) is 1. The number of aromatic nitrogens is 3. The summed E-state index contributed by atoms with van der Waals surface area (Å²) in [5, 5.41) is 1.12. The molecule has 4 rings (SSSR count). The number of halogens is 1. The molecule has 0 bridgehead atoms. The molecule has 5 nitrogen and oxygen atoms in total. The number of thioether (sulfide) groups is 1. The van der Waals surface area contributed by atoms with Crippen LogP contribution in [0.25, 0.3) is 22.7 Å². The number of aryl methyl sites for hydroxylation is 2. The number of oxazole rings is 1. The molecule has 29 heavy (non-hydrogen) atoms. The molecule has 0 amide bonds. The fourth-order valence-electron chi connectivity index (χ4n) is 2.93. The summed E-state index contributed by atoms with van der Waals surface area (Å²) < 4.78 is 5.87. The highest BCUT2D eigenvalue weighted by Gasteiger charge is 2.14. The standard InChI is InChI=1S/C22H18ClN3O2S/c1-13-6-3-4-9-17(13)21-24-19(14(2)28-21)12-29-22-25-18(11-20(27)26-22)15-7-5-8-16(23)10-15/h3-11H,12H2,1-2H3,(H,25,26,27). The maximum absolute atomic E-state index is 12.1. The summed E-state index contributed by atoms with van der Waals surface area (Å²) in [7, 11) is 0. The number of rotatable bonds is 5. The van der Waals surface area contributed by atoms with Crippen molar-refractivity contribution < 1.29 is 4.42 Å². The highest BCUT2D eigenvalue weighted by molar-refractivity contribution is 7.98. The molecule has 0 radical (unpaired) electrons. The van der Waals surface area contributed by atoms with Gasteiger partial charge in [-0.15, -0.1) is 0 Å². The van der Waals surface area contributed by atoms with Crippen LogP contribution in [0.3, 0.4) is 0 Å². The van der Waals surface area contributed by atoms with Gasteiger partial charge in [-0.05, 0) is 37.6 Å². The number of hydrogen-bond acceptors (Lipinski definition) is 5. The number of benzene rings is 2. The van der Waals surface area contributed by atoms with Gasteiger partial charge in [-0.25, -0.2) is 9.97 Å². The van der Waals surface area contributed by atoms with Gasteiger partial charge in [0.1, 0.15) is 5.76 Å². The highest BCUT2D eigenvalue weighted by Crippen LogP contribution is 2.28. The topological polar surface area (TPSA) is 71.8 Å². The molecule has 4 aromatic rings. The molecular formula is C22H18ClN3O2S. The zero-order valence-corrected chi connectivity index (χ0v) is 17.5. The van der Waals surface area contributed by atoms with Crippen molar-refractivity contribution in [2.24, 2.45) is 0 Å². The number of H-pyrrole nitrogens is 1. The van der Waals surface area contributed by atoms with Crippen LogP contribution in [0.5, 0.6) is 0 Å². The Morgan fingerprint density at radius 1 is 1.07 bits per heavy atom. The van der Waals surface area contributed by atoms with Crippen molar-refractivity contribution in [3.63, 3.8) is 0 Å². The summed E-state index contributed by atoms with van der Waals surface area (Å²) in [6.07, 6.45) is 0. The molecule has 0 atom stereocenters. The molecule has 1 N–H and O–H groups in total. The molecule has 0 aliphatic heterocycles. The van der Waals surface area contributed by atoms with Crippen LogP contribution in [-0.4, -0.2) is 15.0 Å². The molecule has 2 aromatic carbocycles. The van der Waals surface area contributed by atoms with Crippen molar-refractivity contribution in [1.82, 2.24) is 15.0 Å². The Hall–Kier alpha value is -2.83. The van der Waals surface area contributed by atoms with E-state index in [1.807, 2.05) is 50.2 Å². The first-order chi connectivity index (χ1) is 14.0. The van der Waals surface area contributed by atoms with E-state index in [1.54, 1.807) is 12.1 Å². The SMILES string of the molecule is Cc1ccccc1-c1nc(CSc2nc(-c3cccc(Cl)c3)cc(=O)[nH]2)c(C)o1. The van der Waals surface area contributed by atoms with Crippen LogP contribution in [0.2, 0.25) is 5.02 Å². The first kappa shape index (κ1) is 19.5. The molecule has 2 aromatic heterocycles. The Labute approximate surface area is 177 Å². The highest BCUT2D eigenvalue weighted by atomic mass is 35.5. The van der Waals surface area contributed by atoms with E-state index in [0.29, 0.717) is 27.5 Å². The number of aromatic amines is 1. The summed E-state index contributed by atoms with van der Waals surface area (Å²) in [6.45, 7) is 3.92. The van der Waals surface area contributed by atoms with Crippen LogP contribution >= 0.6 is 23.4 Å². The van der Waals surface area contributed by atoms with E-state index >= 15 is 0 Å². The van der Waals surface area contributed by atoms with Gasteiger partial charge in [0, 0.05) is 28.0 Å². The fraction of sp³-hybridized carbons (Fsp3) is 0.136. The largest absolute Gasteiger partial charge is 0.441 e. The fourth-order valence-corrected chi connectivity index (χ4v) is 3.99. The van der Waals surface area contributed by atoms with Crippen molar-refractivity contribution in [2.45, 2.75) is 24.8 Å². The monoisotopic (exact) mass is 423 g/mol. The Bertz CT molecular complexity index is 1230. The summed E-state index contributed by atoms with van der Waals surface area (Å²) in [5.41, 5.74) is 4.06. The van der Waals surface area contributed by atoms with E-state index in [2.05, 4.69) is 15.0 Å². The predicted octanol–water partition coefficient (Wildman–Crippen LogP) is 5.65. The van der Waals surface area contributed by atoms with E-state index in [0.717, 1.165) is 28.1 Å². The normalized spacial score (nSPS) is 11.0. The molecule has 0 aliphatic rings. The lowest BCUT2D eigenvalue weighted by atomic mass is 10.1. The van der Waals surface area contributed by atoms with Gasteiger partial charge in [0.15, 0.2) is 5.16 Å². The quantitative estimate of drug-likeness (QED) is 0.331. The molecule has 0 aliphatic carbocycles. The predicted molar refractivity (Wildman–Crippen MR) is 116 cm³/mol. The minimum absolute atomic E-state index is 0.213. The third-order valence-corrected chi connectivity index (χ3v) is 5.57. The van der Waals surface area contributed by atoms with Crippen molar-refractivity contribution in [1.29, 1.82) is 0 Å². The molecule has 2 heterocycles. The van der Waals surface area contributed by atoms with Crippen LogP contribution in [0, 0.1) is 13.8 Å². The van der Waals surface area contributed by atoms with Gasteiger partial charge in [-0.2, -0.15) is 0 Å². The van der Waals surface area contributed by atoms with E-state index in [1.165, 1.54) is 17.8 Å². The Kier molecular flexibility index (Phi) is 5.56. The average Bonchev–Trinajstić information content (AvgIpc) is 3.07. The number of nitrogens with zero attached hydrogens (tertiary/aromatic N) is 2. The van der Waals surface area contributed by atoms with Gasteiger partial charge in [0.05, 0.1) is 11.4 Å². The molecule has 0 saturated heterocycles. The number of hydrogen-bond donors (Lipinski definition) is 1. The summed E-state index contributed by atoms with van der Waals surface area (Å²) in [5.74, 6) is 1.89. The summed E-state index contributed by atoms with van der Waals surface area (Å²) >= 11 is 7.46. The van der Waals surface area contributed by atoms with Crippen molar-refractivity contribution >= 4 is 23.4 Å². The van der Waals surface area contributed by atoms with Crippen LogP contribution in [0.1, 0.15) is 17.0 Å². The van der Waals surface area contributed by atoms with Gasteiger partial charge in [0.2, 0.25) is 5.89 Å². The van der Waals surface area contributed by atoms with Crippen LogP contribution in [-0.2, 0) is 5.75 Å². The van der Waals surface area contributed by atoms with E-state index in [9.17, 15) is 4.79 Å². The molecule has 0 fully saturated rings. The third kappa shape index (κ3) is 4.44. The summed E-state index contributed by atoms with van der Waals surface area (Å²) in [6, 6.07) is 16.7. The molecular weight excluding hydrogens is 406 g/mol. The second-order valence-corrected chi connectivity index (χ2v) is 7.97. The van der Waals surface area contributed by atoms with Gasteiger partial charge < -0.3 is 9.40 Å². The Balaban J connectivity index is 1.57. The van der Waals surface area contributed by atoms with Gasteiger partial charge in [0.25, 0.3) is 5.56 Å². The Morgan fingerprint density at radius 2 is 1.90 bits per heavy atom. The maximum atomic E-state index is 12.1. The van der Waals surface area contributed by atoms with Crippen LogP contribution in [0.15, 0.2) is 69.0 Å². The first-order valence-corrected chi connectivity index (χ1v) is 10.4. The van der Waals surface area contributed by atoms with E-state index in [4.69, 9.17) is 16.0 Å². The third-order valence-electron chi connectivity index (χ3n) is 4.45. The maximum Gasteiger partial charge on any atom is 0.252 e. The van der Waals surface area contributed by atoms with Gasteiger partial charge in [-0.3, -0.25) is 4.79 Å². The molecule has 0 unspecified atom stereocenters. The van der Waals surface area contributed by atoms with Crippen LogP contribution in [0.4, 0.5) is 0 Å². The second-order valence-electron chi connectivity index (χ2n) is 6.57. The average molecular weight is 424 g/mol. The van der Waals surface area contributed by atoms with Gasteiger partial charge >= 0.3 is 0 Å². The van der Waals surface area contributed by atoms with E-state index in [-0.39, 0.29) is 5.56 Å². The second kappa shape index (κ2) is 8.27. The zero-order valence-electron chi connectivity index (χ0n) is 15.9. The molecule has 0 saturated carbocycles. The molecule has 0 spiro atoms. The lowest BCUT2D eigenvalue weighted by molar-refractivity contribution is 0.540. The van der Waals surface area contributed by atoms with Crippen molar-refractivity contribution in [3.05, 3.63) is 87.0 Å². The van der Waals surface area contributed by atoms with Crippen molar-refractivity contribution in [2.75, 3.05) is 0 Å².